The van der Waals surface area contributed by atoms with E-state index in [1.54, 1.807) is 44.5 Å². The number of hydrogen-bond donors (Lipinski definition) is 0. The number of rotatable bonds is 7. The summed E-state index contributed by atoms with van der Waals surface area (Å²) >= 11 is -3.43. The van der Waals surface area contributed by atoms with E-state index in [1.807, 2.05) is 0 Å². The quantitative estimate of drug-likeness (QED) is 0.318. The Bertz CT molecular complexity index is 1020. The molecular weight excluding hydrogens is 480 g/mol. The molecular formula is C30H43SiZr. The Hall–Kier alpha value is -0.980. The van der Waals surface area contributed by atoms with Crippen LogP contribution in [0.3, 0.4) is 0 Å². The minimum atomic E-state index is -3.43. The third-order valence-corrected chi connectivity index (χ3v) is 56.7. The van der Waals surface area contributed by atoms with Crippen molar-refractivity contribution in [2.45, 2.75) is 83.0 Å². The van der Waals surface area contributed by atoms with Gasteiger partial charge in [-0.05, 0) is 0 Å². The Morgan fingerprint density at radius 2 is 1.06 bits per heavy atom. The fraction of sp³-hybridized carbons (Fsp3) is 0.467. The first-order chi connectivity index (χ1) is 15.2. The van der Waals surface area contributed by atoms with Crippen molar-refractivity contribution in [3.05, 3.63) is 81.9 Å². The van der Waals surface area contributed by atoms with Crippen molar-refractivity contribution in [1.82, 2.24) is 0 Å². The summed E-state index contributed by atoms with van der Waals surface area (Å²) in [5.74, 6) is -0.969. The normalized spacial score (nSPS) is 21.7. The predicted octanol–water partition coefficient (Wildman–Crippen LogP) is 9.41. The van der Waals surface area contributed by atoms with Crippen molar-refractivity contribution in [2.75, 3.05) is 0 Å². The van der Waals surface area contributed by atoms with Gasteiger partial charge in [-0.25, -0.2) is 0 Å². The van der Waals surface area contributed by atoms with Crippen LogP contribution in [-0.2, 0) is 17.9 Å². The summed E-state index contributed by atoms with van der Waals surface area (Å²) in [7, 11) is 0. The van der Waals surface area contributed by atoms with E-state index >= 15 is 0 Å². The molecule has 2 unspecified atom stereocenters. The van der Waals surface area contributed by atoms with Crippen LogP contribution in [0.4, 0.5) is 0 Å². The summed E-state index contributed by atoms with van der Waals surface area (Å²) in [5.41, 5.74) is 13.3. The first kappa shape index (κ1) is 24.2. The maximum atomic E-state index is 2.89. The number of allylic oxidation sites excluding steroid dienone is 4. The molecule has 0 saturated heterocycles. The minimum absolute atomic E-state index is 0.690. The molecule has 0 heterocycles. The van der Waals surface area contributed by atoms with E-state index in [0.717, 1.165) is 0 Å². The molecule has 0 nitrogen and oxygen atoms in total. The van der Waals surface area contributed by atoms with Crippen LogP contribution in [0.15, 0.2) is 59.7 Å². The molecule has 2 aliphatic carbocycles. The summed E-state index contributed by atoms with van der Waals surface area (Å²) in [6.07, 6.45) is 4.91. The molecule has 0 fully saturated rings. The van der Waals surface area contributed by atoms with Gasteiger partial charge >= 0.3 is 200 Å². The van der Waals surface area contributed by atoms with Crippen LogP contribution >= 0.6 is 0 Å². The molecule has 0 bridgehead atoms. The Labute approximate surface area is 198 Å². The number of benzene rings is 2. The first-order valence-electron chi connectivity index (χ1n) is 13.0. The predicted molar refractivity (Wildman–Crippen MR) is 144 cm³/mol. The fourth-order valence-electron chi connectivity index (χ4n) is 7.63. The first-order valence-corrected chi connectivity index (χ1v) is 27.9. The van der Waals surface area contributed by atoms with Gasteiger partial charge in [0.05, 0.1) is 0 Å². The zero-order chi connectivity index (χ0) is 23.3. The molecule has 2 atom stereocenters. The molecule has 2 aromatic carbocycles. The Balaban J connectivity index is 2.03. The molecule has 171 valence electrons. The van der Waals surface area contributed by atoms with E-state index < -0.39 is 23.9 Å². The maximum absolute atomic E-state index is 3.43. The second-order valence-electron chi connectivity index (χ2n) is 11.8. The van der Waals surface area contributed by atoms with Gasteiger partial charge in [0, 0.05) is 0 Å². The van der Waals surface area contributed by atoms with E-state index in [1.165, 1.54) is 25.7 Å². The van der Waals surface area contributed by atoms with Gasteiger partial charge in [-0.3, -0.25) is 0 Å². The molecule has 0 radical (unpaired) electrons. The monoisotopic (exact) mass is 521 g/mol. The second-order valence-corrected chi connectivity index (χ2v) is 49.6. The molecule has 2 heteroatoms. The number of hydrogen-bond acceptors (Lipinski definition) is 0. The van der Waals surface area contributed by atoms with E-state index in [0.29, 0.717) is 7.25 Å². The molecule has 0 saturated carbocycles. The van der Waals surface area contributed by atoms with Gasteiger partial charge in [0.25, 0.3) is 0 Å². The molecule has 0 N–H and O–H groups in total. The fourth-order valence-corrected chi connectivity index (χ4v) is 38.3. The van der Waals surface area contributed by atoms with Gasteiger partial charge in [0.1, 0.15) is 0 Å². The molecule has 4 rings (SSSR count). The van der Waals surface area contributed by atoms with E-state index in [4.69, 9.17) is 0 Å². The van der Waals surface area contributed by atoms with Gasteiger partial charge < -0.3 is 0 Å². The topological polar surface area (TPSA) is 0 Å². The third-order valence-electron chi connectivity index (χ3n) is 9.65. The Morgan fingerprint density at radius 1 is 0.688 bits per heavy atom. The summed E-state index contributed by atoms with van der Waals surface area (Å²) in [4.78, 5) is 0. The van der Waals surface area contributed by atoms with Crippen molar-refractivity contribution >= 4 is 17.1 Å². The molecule has 0 aromatic heterocycles. The van der Waals surface area contributed by atoms with Crippen molar-refractivity contribution < 1.29 is 17.9 Å². The van der Waals surface area contributed by atoms with E-state index in [-0.39, 0.29) is 0 Å². The molecule has 2 aromatic rings. The molecule has 0 spiro atoms. The average Bonchev–Trinajstić information content (AvgIpc) is 3.21. The molecule has 2 aliphatic rings. The van der Waals surface area contributed by atoms with Gasteiger partial charge in [-0.1, -0.05) is 0 Å². The van der Waals surface area contributed by atoms with Crippen LogP contribution in [0.25, 0.3) is 11.1 Å². The van der Waals surface area contributed by atoms with Crippen LogP contribution in [0.1, 0.15) is 82.9 Å². The SMILES string of the molecule is CCCC1=C(C)[CH]([Zr]([CH3])([CH3])([CH]2C(C)=C(CCC)c3ccccc32)[SiH](C)C)c2ccccc21. The Kier molecular flexibility index (Phi) is 6.54. The van der Waals surface area contributed by atoms with Crippen LogP contribution < -0.4 is 0 Å². The van der Waals surface area contributed by atoms with Crippen LogP contribution in [0.5, 0.6) is 0 Å². The van der Waals surface area contributed by atoms with Crippen molar-refractivity contribution in [3.8, 4) is 0 Å². The third kappa shape index (κ3) is 3.31. The van der Waals surface area contributed by atoms with Gasteiger partial charge in [-0.15, -0.1) is 0 Å². The molecule has 0 amide bonds. The van der Waals surface area contributed by atoms with Crippen LogP contribution in [-0.4, -0.2) is 5.92 Å². The standard InChI is InChI=1S/2C13H15.C2H7Si.2CH3.Zr/c2*1-3-6-12-10(2)9-11-7-4-5-8-13(11)12;1-3-2;;;/h2*4-5,7-9H,3,6H2,1-2H3;3H,1-2H3;2*1H3;. The average molecular weight is 523 g/mol. The van der Waals surface area contributed by atoms with Gasteiger partial charge in [-0.2, -0.15) is 0 Å². The number of fused-ring (bicyclic) bond motifs is 2. The Morgan fingerprint density at radius 3 is 1.41 bits per heavy atom. The van der Waals surface area contributed by atoms with Crippen molar-refractivity contribution in [3.63, 3.8) is 0 Å². The zero-order valence-electron chi connectivity index (χ0n) is 21.7. The second kappa shape index (κ2) is 8.66. The van der Waals surface area contributed by atoms with Gasteiger partial charge in [0.15, 0.2) is 0 Å². The van der Waals surface area contributed by atoms with Crippen molar-refractivity contribution in [2.24, 2.45) is 0 Å². The summed E-state index contributed by atoms with van der Waals surface area (Å²) in [6, 6.07) is 19.0. The molecule has 32 heavy (non-hydrogen) atoms. The van der Waals surface area contributed by atoms with Crippen LogP contribution in [0.2, 0.25) is 22.4 Å². The summed E-state index contributed by atoms with van der Waals surface area (Å²) < 4.78 is 7.15. The molecule has 0 aliphatic heterocycles. The van der Waals surface area contributed by atoms with Crippen LogP contribution in [0, 0.1) is 0 Å². The van der Waals surface area contributed by atoms with E-state index in [2.05, 4.69) is 98.6 Å². The van der Waals surface area contributed by atoms with Gasteiger partial charge in [0.2, 0.25) is 0 Å². The zero-order valence-corrected chi connectivity index (χ0v) is 25.3. The van der Waals surface area contributed by atoms with E-state index in [9.17, 15) is 0 Å². The summed E-state index contributed by atoms with van der Waals surface area (Å²) in [6.45, 7) is 15.1. The summed E-state index contributed by atoms with van der Waals surface area (Å²) in [5, 5.41) is 0. The van der Waals surface area contributed by atoms with Crippen molar-refractivity contribution in [1.29, 1.82) is 0 Å².